The number of imide groups is 1. The molecule has 7 nitrogen and oxygen atoms in total. The first kappa shape index (κ1) is 22.2. The van der Waals surface area contributed by atoms with Gasteiger partial charge in [0.1, 0.15) is 0 Å². The number of carbonyl (C=O) groups is 4. The van der Waals surface area contributed by atoms with Crippen LogP contribution in [0.2, 0.25) is 0 Å². The summed E-state index contributed by atoms with van der Waals surface area (Å²) in [6, 6.07) is 15.9. The maximum Gasteiger partial charge on any atom is 0.338 e. The van der Waals surface area contributed by atoms with Crippen LogP contribution in [0, 0.1) is 0 Å². The molecule has 0 aliphatic carbocycles. The Morgan fingerprint density at radius 1 is 1.00 bits per heavy atom. The van der Waals surface area contributed by atoms with Crippen LogP contribution in [0.5, 0.6) is 0 Å². The number of rotatable bonds is 8. The van der Waals surface area contributed by atoms with E-state index in [1.165, 1.54) is 31.2 Å². The minimum Gasteiger partial charge on any atom is -0.449 e. The smallest absolute Gasteiger partial charge is 0.338 e. The SMILES string of the molecule is CC[C@H](CNC(=O)[C@H](C)OC(=O)c1ccc(N2C(=O)CCC2=O)cc1)c1ccccc1. The van der Waals surface area contributed by atoms with Gasteiger partial charge in [0.05, 0.1) is 11.3 Å². The molecule has 2 aromatic rings. The molecule has 31 heavy (non-hydrogen) atoms. The van der Waals surface area contributed by atoms with E-state index in [0.717, 1.165) is 16.9 Å². The molecule has 3 rings (SSSR count). The first-order valence-corrected chi connectivity index (χ1v) is 10.4. The molecule has 2 aromatic carbocycles. The topological polar surface area (TPSA) is 92.8 Å². The summed E-state index contributed by atoms with van der Waals surface area (Å²) in [5.41, 5.74) is 1.80. The molecule has 1 fully saturated rings. The van der Waals surface area contributed by atoms with E-state index in [2.05, 4.69) is 12.2 Å². The molecule has 1 aliphatic heterocycles. The maximum atomic E-state index is 12.4. The number of esters is 1. The van der Waals surface area contributed by atoms with Crippen molar-refractivity contribution in [2.45, 2.75) is 45.1 Å². The van der Waals surface area contributed by atoms with Crippen LogP contribution in [-0.2, 0) is 19.1 Å². The Bertz CT molecular complexity index is 940. The van der Waals surface area contributed by atoms with Crippen molar-refractivity contribution < 1.29 is 23.9 Å². The second-order valence-electron chi connectivity index (χ2n) is 7.48. The third-order valence-corrected chi connectivity index (χ3v) is 5.35. The summed E-state index contributed by atoms with van der Waals surface area (Å²) in [7, 11) is 0. The second kappa shape index (κ2) is 10.0. The Morgan fingerprint density at radius 3 is 2.19 bits per heavy atom. The van der Waals surface area contributed by atoms with Crippen molar-refractivity contribution >= 4 is 29.4 Å². The Labute approximate surface area is 181 Å². The highest BCUT2D eigenvalue weighted by atomic mass is 16.5. The normalized spacial score (nSPS) is 15.5. The van der Waals surface area contributed by atoms with Crippen molar-refractivity contribution in [3.05, 3.63) is 65.7 Å². The predicted molar refractivity (Wildman–Crippen MR) is 116 cm³/mol. The average molecular weight is 422 g/mol. The predicted octanol–water partition coefficient (Wildman–Crippen LogP) is 3.20. The molecule has 0 spiro atoms. The highest BCUT2D eigenvalue weighted by molar-refractivity contribution is 6.19. The zero-order chi connectivity index (χ0) is 22.4. The Kier molecular flexibility index (Phi) is 7.18. The number of carbonyl (C=O) groups excluding carboxylic acids is 4. The highest BCUT2D eigenvalue weighted by Gasteiger charge is 2.30. The van der Waals surface area contributed by atoms with E-state index in [1.54, 1.807) is 0 Å². The average Bonchev–Trinajstić information content (AvgIpc) is 3.12. The standard InChI is InChI=1S/C24H26N2O5/c1-3-17(18-7-5-4-6-8-18)15-25-23(29)16(2)31-24(30)19-9-11-20(12-10-19)26-21(27)13-14-22(26)28/h4-12,16-17H,3,13-15H2,1-2H3,(H,25,29)/t16-,17+/m0/s1. The quantitative estimate of drug-likeness (QED) is 0.521. The fourth-order valence-electron chi connectivity index (χ4n) is 3.48. The lowest BCUT2D eigenvalue weighted by Crippen LogP contribution is -2.38. The molecule has 7 heteroatoms. The van der Waals surface area contributed by atoms with Gasteiger partial charge in [-0.05, 0) is 43.2 Å². The lowest BCUT2D eigenvalue weighted by Gasteiger charge is -2.19. The van der Waals surface area contributed by atoms with Crippen LogP contribution in [-0.4, -0.2) is 36.3 Å². The van der Waals surface area contributed by atoms with Gasteiger partial charge in [0.25, 0.3) is 5.91 Å². The third kappa shape index (κ3) is 5.36. The van der Waals surface area contributed by atoms with Gasteiger partial charge in [-0.1, -0.05) is 37.3 Å². The molecule has 0 radical (unpaired) electrons. The van der Waals surface area contributed by atoms with Crippen LogP contribution in [0.3, 0.4) is 0 Å². The molecule has 0 unspecified atom stereocenters. The zero-order valence-electron chi connectivity index (χ0n) is 17.7. The molecule has 1 heterocycles. The molecule has 1 aliphatic rings. The van der Waals surface area contributed by atoms with Gasteiger partial charge in [-0.25, -0.2) is 4.79 Å². The number of hydrogen-bond acceptors (Lipinski definition) is 5. The van der Waals surface area contributed by atoms with E-state index >= 15 is 0 Å². The zero-order valence-corrected chi connectivity index (χ0v) is 17.7. The van der Waals surface area contributed by atoms with Crippen molar-refractivity contribution in [3.63, 3.8) is 0 Å². The van der Waals surface area contributed by atoms with Crippen LogP contribution in [0.25, 0.3) is 0 Å². The largest absolute Gasteiger partial charge is 0.449 e. The summed E-state index contributed by atoms with van der Waals surface area (Å²) >= 11 is 0. The van der Waals surface area contributed by atoms with Gasteiger partial charge in [0.15, 0.2) is 6.10 Å². The minimum atomic E-state index is -0.956. The monoisotopic (exact) mass is 422 g/mol. The van der Waals surface area contributed by atoms with E-state index in [-0.39, 0.29) is 42.0 Å². The molecule has 1 N–H and O–H groups in total. The van der Waals surface area contributed by atoms with Crippen molar-refractivity contribution in [1.29, 1.82) is 0 Å². The van der Waals surface area contributed by atoms with Crippen LogP contribution in [0.1, 0.15) is 54.9 Å². The lowest BCUT2D eigenvalue weighted by atomic mass is 9.96. The summed E-state index contributed by atoms with van der Waals surface area (Å²) < 4.78 is 5.28. The number of amides is 3. The summed E-state index contributed by atoms with van der Waals surface area (Å²) in [5.74, 6) is -1.36. The lowest BCUT2D eigenvalue weighted by molar-refractivity contribution is -0.129. The first-order chi connectivity index (χ1) is 14.9. The molecular formula is C24H26N2O5. The molecule has 2 atom stereocenters. The van der Waals surface area contributed by atoms with Gasteiger partial charge >= 0.3 is 5.97 Å². The minimum absolute atomic E-state index is 0.177. The Morgan fingerprint density at radius 2 is 1.61 bits per heavy atom. The van der Waals surface area contributed by atoms with Crippen molar-refractivity contribution in [2.24, 2.45) is 0 Å². The molecule has 0 aromatic heterocycles. The summed E-state index contributed by atoms with van der Waals surface area (Å²) in [6.45, 7) is 4.03. The third-order valence-electron chi connectivity index (χ3n) is 5.35. The van der Waals surface area contributed by atoms with Gasteiger partial charge in [-0.2, -0.15) is 0 Å². The van der Waals surface area contributed by atoms with Crippen LogP contribution < -0.4 is 10.2 Å². The van der Waals surface area contributed by atoms with Crippen molar-refractivity contribution in [1.82, 2.24) is 5.32 Å². The van der Waals surface area contributed by atoms with Crippen LogP contribution in [0.4, 0.5) is 5.69 Å². The van der Waals surface area contributed by atoms with Gasteiger partial charge in [0.2, 0.25) is 11.8 Å². The molecule has 0 bridgehead atoms. The number of hydrogen-bond donors (Lipinski definition) is 1. The number of nitrogens with one attached hydrogen (secondary N) is 1. The fourth-order valence-corrected chi connectivity index (χ4v) is 3.48. The molecule has 1 saturated heterocycles. The summed E-state index contributed by atoms with van der Waals surface area (Å²) in [5, 5.41) is 2.85. The number of benzene rings is 2. The highest BCUT2D eigenvalue weighted by Crippen LogP contribution is 2.23. The van der Waals surface area contributed by atoms with E-state index in [0.29, 0.717) is 12.2 Å². The summed E-state index contributed by atoms with van der Waals surface area (Å²) in [6.07, 6.45) is 0.297. The van der Waals surface area contributed by atoms with E-state index in [1.807, 2.05) is 30.3 Å². The second-order valence-corrected chi connectivity index (χ2v) is 7.48. The van der Waals surface area contributed by atoms with E-state index < -0.39 is 12.1 Å². The molecular weight excluding hydrogens is 396 g/mol. The maximum absolute atomic E-state index is 12.4. The number of ether oxygens (including phenoxy) is 1. The van der Waals surface area contributed by atoms with Gasteiger partial charge in [0, 0.05) is 25.3 Å². The van der Waals surface area contributed by atoms with Crippen LogP contribution in [0.15, 0.2) is 54.6 Å². The van der Waals surface area contributed by atoms with Crippen LogP contribution >= 0.6 is 0 Å². The number of nitrogens with zero attached hydrogens (tertiary/aromatic N) is 1. The molecule has 3 amide bonds. The van der Waals surface area contributed by atoms with Crippen molar-refractivity contribution in [3.8, 4) is 0 Å². The van der Waals surface area contributed by atoms with E-state index in [4.69, 9.17) is 4.74 Å². The van der Waals surface area contributed by atoms with Crippen molar-refractivity contribution in [2.75, 3.05) is 11.4 Å². The molecule has 0 saturated carbocycles. The Balaban J connectivity index is 1.54. The van der Waals surface area contributed by atoms with Gasteiger partial charge in [-0.3, -0.25) is 19.3 Å². The molecule has 162 valence electrons. The Hall–Kier alpha value is -3.48. The van der Waals surface area contributed by atoms with E-state index in [9.17, 15) is 19.2 Å². The summed E-state index contributed by atoms with van der Waals surface area (Å²) in [4.78, 5) is 49.5. The van der Waals surface area contributed by atoms with Gasteiger partial charge < -0.3 is 10.1 Å². The first-order valence-electron chi connectivity index (χ1n) is 10.4. The number of anilines is 1. The fraction of sp³-hybridized carbons (Fsp3) is 0.333. The van der Waals surface area contributed by atoms with Gasteiger partial charge in [-0.15, -0.1) is 0 Å².